The molecule has 0 aliphatic carbocycles. The van der Waals surface area contributed by atoms with E-state index in [4.69, 9.17) is 23.2 Å². The van der Waals surface area contributed by atoms with Crippen molar-refractivity contribution in [3.8, 4) is 0 Å². The van der Waals surface area contributed by atoms with Crippen LogP contribution in [0.15, 0.2) is 12.1 Å². The normalized spacial score (nSPS) is 11.0. The first-order valence-electron chi connectivity index (χ1n) is 4.04. The third-order valence-electron chi connectivity index (χ3n) is 1.89. The van der Waals surface area contributed by atoms with Crippen molar-refractivity contribution in [2.75, 3.05) is 0 Å². The molecule has 0 unspecified atom stereocenters. The summed E-state index contributed by atoms with van der Waals surface area (Å²) in [6.45, 7) is 2.03. The lowest BCUT2D eigenvalue weighted by atomic mass is 10.3. The number of rotatable bonds is 1. The molecule has 2 rings (SSSR count). The van der Waals surface area contributed by atoms with Gasteiger partial charge in [-0.2, -0.15) is 0 Å². The molecule has 1 aromatic heterocycles. The predicted molar refractivity (Wildman–Crippen MR) is 55.5 cm³/mol. The van der Waals surface area contributed by atoms with E-state index >= 15 is 0 Å². The molecule has 0 aliphatic rings. The van der Waals surface area contributed by atoms with Crippen LogP contribution >= 0.6 is 23.2 Å². The fourth-order valence-corrected chi connectivity index (χ4v) is 1.79. The Morgan fingerprint density at radius 3 is 2.85 bits per heavy atom. The number of hydrogen-bond acceptors (Lipinski definition) is 1. The molecule has 0 saturated carbocycles. The van der Waals surface area contributed by atoms with Crippen molar-refractivity contribution in [3.05, 3.63) is 28.0 Å². The molecular weight excluding hydrogens is 207 g/mol. The molecule has 0 amide bonds. The highest BCUT2D eigenvalue weighted by Crippen LogP contribution is 2.26. The second-order valence-electron chi connectivity index (χ2n) is 2.82. The molecule has 2 nitrogen and oxygen atoms in total. The van der Waals surface area contributed by atoms with Gasteiger partial charge in [0.15, 0.2) is 0 Å². The molecule has 13 heavy (non-hydrogen) atoms. The number of imidazole rings is 1. The summed E-state index contributed by atoms with van der Waals surface area (Å²) in [6, 6.07) is 3.52. The molecule has 68 valence electrons. The van der Waals surface area contributed by atoms with Crippen molar-refractivity contribution < 1.29 is 0 Å². The van der Waals surface area contributed by atoms with Gasteiger partial charge in [0.25, 0.3) is 0 Å². The molecule has 2 aromatic rings. The molecule has 0 aliphatic heterocycles. The summed E-state index contributed by atoms with van der Waals surface area (Å²) in [7, 11) is 0. The largest absolute Gasteiger partial charge is 0.341 e. The highest BCUT2D eigenvalue weighted by molar-refractivity contribution is 6.38. The average molecular weight is 215 g/mol. The lowest BCUT2D eigenvalue weighted by molar-refractivity contribution is 1.00. The molecule has 1 aromatic carbocycles. The number of H-pyrrole nitrogens is 1. The van der Waals surface area contributed by atoms with Crippen molar-refractivity contribution in [2.45, 2.75) is 13.3 Å². The number of aryl methyl sites for hydroxylation is 1. The van der Waals surface area contributed by atoms with Crippen molar-refractivity contribution >= 4 is 34.2 Å². The summed E-state index contributed by atoms with van der Waals surface area (Å²) >= 11 is 11.8. The zero-order valence-electron chi connectivity index (χ0n) is 7.06. The Kier molecular flexibility index (Phi) is 2.18. The smallest absolute Gasteiger partial charge is 0.106 e. The standard InChI is InChI=1S/C9H8Cl2N2/c1-2-8-12-7-4-5(10)3-6(11)9(7)13-8/h3-4H,2H2,1H3,(H,12,13). The van der Waals surface area contributed by atoms with Gasteiger partial charge in [0.1, 0.15) is 5.82 Å². The molecule has 0 saturated heterocycles. The fraction of sp³-hybridized carbons (Fsp3) is 0.222. The zero-order valence-corrected chi connectivity index (χ0v) is 8.58. The number of aromatic nitrogens is 2. The van der Waals surface area contributed by atoms with Gasteiger partial charge in [0.2, 0.25) is 0 Å². The highest BCUT2D eigenvalue weighted by Gasteiger charge is 2.05. The molecular formula is C9H8Cl2N2. The van der Waals surface area contributed by atoms with E-state index in [9.17, 15) is 0 Å². The van der Waals surface area contributed by atoms with Gasteiger partial charge in [-0.1, -0.05) is 30.1 Å². The molecule has 0 spiro atoms. The van der Waals surface area contributed by atoms with Crippen molar-refractivity contribution in [1.82, 2.24) is 9.97 Å². The van der Waals surface area contributed by atoms with E-state index in [1.807, 2.05) is 6.92 Å². The van der Waals surface area contributed by atoms with Crippen LogP contribution in [-0.4, -0.2) is 9.97 Å². The van der Waals surface area contributed by atoms with Crippen molar-refractivity contribution in [3.63, 3.8) is 0 Å². The summed E-state index contributed by atoms with van der Waals surface area (Å²) < 4.78 is 0. The van der Waals surface area contributed by atoms with Gasteiger partial charge in [0.05, 0.1) is 16.1 Å². The average Bonchev–Trinajstić information content (AvgIpc) is 2.47. The lowest BCUT2D eigenvalue weighted by Gasteiger charge is -1.92. The predicted octanol–water partition coefficient (Wildman–Crippen LogP) is 3.43. The van der Waals surface area contributed by atoms with E-state index in [-0.39, 0.29) is 0 Å². The van der Waals surface area contributed by atoms with Gasteiger partial charge in [-0.25, -0.2) is 4.98 Å². The first-order valence-corrected chi connectivity index (χ1v) is 4.80. The minimum absolute atomic E-state index is 0.617. The summed E-state index contributed by atoms with van der Waals surface area (Å²) in [6.07, 6.45) is 0.864. The Labute approximate surface area is 85.9 Å². The first kappa shape index (κ1) is 8.85. The van der Waals surface area contributed by atoms with E-state index < -0.39 is 0 Å². The molecule has 0 bridgehead atoms. The van der Waals surface area contributed by atoms with Crippen LogP contribution in [0.5, 0.6) is 0 Å². The van der Waals surface area contributed by atoms with Gasteiger partial charge < -0.3 is 4.98 Å². The molecule has 0 fully saturated rings. The third-order valence-corrected chi connectivity index (χ3v) is 2.41. The molecule has 0 atom stereocenters. The summed E-state index contributed by atoms with van der Waals surface area (Å²) in [4.78, 5) is 7.47. The second kappa shape index (κ2) is 3.20. The van der Waals surface area contributed by atoms with Crippen molar-refractivity contribution in [1.29, 1.82) is 0 Å². The summed E-state index contributed by atoms with van der Waals surface area (Å²) in [5, 5.41) is 1.24. The van der Waals surface area contributed by atoms with Gasteiger partial charge >= 0.3 is 0 Å². The Balaban J connectivity index is 2.75. The first-order chi connectivity index (χ1) is 6.20. The zero-order chi connectivity index (χ0) is 9.42. The van der Waals surface area contributed by atoms with E-state index in [1.54, 1.807) is 12.1 Å². The van der Waals surface area contributed by atoms with E-state index in [2.05, 4.69) is 9.97 Å². The number of aromatic amines is 1. The van der Waals surface area contributed by atoms with Crippen LogP contribution in [0, 0.1) is 0 Å². The van der Waals surface area contributed by atoms with E-state index in [1.165, 1.54) is 0 Å². The Bertz CT molecular complexity index is 448. The Morgan fingerprint density at radius 2 is 2.15 bits per heavy atom. The van der Waals surface area contributed by atoms with Crippen LogP contribution in [0.1, 0.15) is 12.7 Å². The minimum atomic E-state index is 0.617. The van der Waals surface area contributed by atoms with Crippen molar-refractivity contribution in [2.24, 2.45) is 0 Å². The number of benzene rings is 1. The van der Waals surface area contributed by atoms with E-state index in [0.717, 1.165) is 23.3 Å². The SMILES string of the molecule is CCc1nc2cc(Cl)cc(Cl)c2[nH]1. The van der Waals surface area contributed by atoms with E-state index in [0.29, 0.717) is 10.0 Å². The minimum Gasteiger partial charge on any atom is -0.341 e. The summed E-state index contributed by atoms with van der Waals surface area (Å²) in [5.41, 5.74) is 1.69. The van der Waals surface area contributed by atoms with Crippen LogP contribution in [0.4, 0.5) is 0 Å². The van der Waals surface area contributed by atoms with Gasteiger partial charge in [-0.05, 0) is 12.1 Å². The lowest BCUT2D eigenvalue weighted by Crippen LogP contribution is -1.79. The van der Waals surface area contributed by atoms with Crippen LogP contribution in [0.25, 0.3) is 11.0 Å². The molecule has 0 radical (unpaired) electrons. The van der Waals surface area contributed by atoms with Crippen LogP contribution in [0.2, 0.25) is 10.0 Å². The Morgan fingerprint density at radius 1 is 1.38 bits per heavy atom. The van der Waals surface area contributed by atoms with Gasteiger partial charge in [-0.3, -0.25) is 0 Å². The maximum atomic E-state index is 5.98. The third kappa shape index (κ3) is 1.52. The number of hydrogen-bond donors (Lipinski definition) is 1. The number of fused-ring (bicyclic) bond motifs is 1. The molecule has 4 heteroatoms. The second-order valence-corrected chi connectivity index (χ2v) is 3.66. The van der Waals surface area contributed by atoms with Crippen LogP contribution in [0.3, 0.4) is 0 Å². The highest BCUT2D eigenvalue weighted by atomic mass is 35.5. The number of nitrogens with zero attached hydrogens (tertiary/aromatic N) is 1. The topological polar surface area (TPSA) is 28.7 Å². The fourth-order valence-electron chi connectivity index (χ4n) is 1.26. The van der Waals surface area contributed by atoms with Gasteiger partial charge in [0, 0.05) is 11.4 Å². The maximum Gasteiger partial charge on any atom is 0.106 e. The monoisotopic (exact) mass is 214 g/mol. The number of nitrogens with one attached hydrogen (secondary N) is 1. The van der Waals surface area contributed by atoms with Crippen LogP contribution in [-0.2, 0) is 6.42 Å². The van der Waals surface area contributed by atoms with Crippen LogP contribution < -0.4 is 0 Å². The van der Waals surface area contributed by atoms with Gasteiger partial charge in [-0.15, -0.1) is 0 Å². The molecule has 1 heterocycles. The summed E-state index contributed by atoms with van der Waals surface area (Å²) in [5.74, 6) is 0.930. The Hall–Kier alpha value is -0.730. The number of halogens is 2. The quantitative estimate of drug-likeness (QED) is 0.775. The molecule has 1 N–H and O–H groups in total. The maximum absolute atomic E-state index is 5.98.